The fourth-order valence-corrected chi connectivity index (χ4v) is 5.65. The summed E-state index contributed by atoms with van der Waals surface area (Å²) in [4.78, 5) is 0. The summed E-state index contributed by atoms with van der Waals surface area (Å²) in [7, 11) is 2.18. The topological polar surface area (TPSA) is 8.29 Å². The molecule has 7 rings (SSSR count). The lowest BCUT2D eigenvalue weighted by molar-refractivity contribution is -0.643. The Labute approximate surface area is 186 Å². The highest BCUT2D eigenvalue weighted by Gasteiger charge is 2.25. The maximum atomic E-state index is 2.51. The number of hydrogen-bond donors (Lipinski definition) is 0. The van der Waals surface area contributed by atoms with Gasteiger partial charge in [0.05, 0.1) is 27.3 Å². The summed E-state index contributed by atoms with van der Waals surface area (Å²) >= 11 is 0. The zero-order valence-corrected chi connectivity index (χ0v) is 18.5. The van der Waals surface area contributed by atoms with Gasteiger partial charge >= 0.3 is 0 Å². The molecule has 0 atom stereocenters. The van der Waals surface area contributed by atoms with E-state index < -0.39 is 0 Å². The van der Waals surface area contributed by atoms with Crippen molar-refractivity contribution in [2.75, 3.05) is 0 Å². The Morgan fingerprint density at radius 3 is 2.31 bits per heavy atom. The van der Waals surface area contributed by atoms with E-state index in [2.05, 4.69) is 115 Å². The molecule has 152 valence electrons. The number of para-hydroxylation sites is 1. The summed E-state index contributed by atoms with van der Waals surface area (Å²) in [5.41, 5.74) is 10.4. The van der Waals surface area contributed by atoms with Gasteiger partial charge in [-0.2, -0.15) is 0 Å². The van der Waals surface area contributed by atoms with Crippen molar-refractivity contribution in [1.82, 2.24) is 4.40 Å². The van der Waals surface area contributed by atoms with E-state index in [0.717, 1.165) is 0 Å². The van der Waals surface area contributed by atoms with Gasteiger partial charge in [0.2, 0.25) is 5.52 Å². The van der Waals surface area contributed by atoms with Crippen molar-refractivity contribution in [3.63, 3.8) is 0 Å². The molecule has 0 aliphatic carbocycles. The summed E-state index contributed by atoms with van der Waals surface area (Å²) in [5, 5.41) is 6.64. The zero-order chi connectivity index (χ0) is 21.6. The number of rotatable bonds is 1. The lowest BCUT2D eigenvalue weighted by atomic mass is 9.94. The molecule has 3 aromatic heterocycles. The third-order valence-corrected chi connectivity index (χ3v) is 7.28. The van der Waals surface area contributed by atoms with Gasteiger partial charge in [-0.1, -0.05) is 48.5 Å². The molecule has 7 aromatic rings. The van der Waals surface area contributed by atoms with Gasteiger partial charge in [0.15, 0.2) is 6.20 Å². The second-order valence-corrected chi connectivity index (χ2v) is 9.04. The molecule has 0 fully saturated rings. The van der Waals surface area contributed by atoms with Gasteiger partial charge in [-0.05, 0) is 65.8 Å². The molecular formula is C30H23N2+. The standard InChI is InChI=1S/C30H23N2/c1-18-15-24-23-11-7-8-12-25(23)32-26-17-22(20-9-5-4-6-10-20)16-21-13-14-31(3)30(28(21)26)27(19(18)2)29(24)32/h4-17H,1-3H3/q+1. The van der Waals surface area contributed by atoms with E-state index in [0.29, 0.717) is 0 Å². The van der Waals surface area contributed by atoms with Crippen LogP contribution in [0.2, 0.25) is 0 Å². The Morgan fingerprint density at radius 2 is 1.47 bits per heavy atom. The predicted octanol–water partition coefficient (Wildman–Crippen LogP) is 7.10. The highest BCUT2D eigenvalue weighted by molar-refractivity contribution is 6.26. The number of hydrogen-bond acceptors (Lipinski definition) is 0. The molecule has 0 saturated carbocycles. The molecular weight excluding hydrogens is 388 g/mol. The van der Waals surface area contributed by atoms with Crippen LogP contribution in [0.25, 0.3) is 60.1 Å². The maximum absolute atomic E-state index is 2.51. The van der Waals surface area contributed by atoms with Crippen LogP contribution >= 0.6 is 0 Å². The molecule has 2 heteroatoms. The molecule has 0 radical (unpaired) electrons. The summed E-state index contributed by atoms with van der Waals surface area (Å²) in [6.07, 6.45) is 2.21. The number of aryl methyl sites for hydroxylation is 3. The summed E-state index contributed by atoms with van der Waals surface area (Å²) in [5.74, 6) is 0. The fraction of sp³-hybridized carbons (Fsp3) is 0.100. The molecule has 4 aromatic carbocycles. The highest BCUT2D eigenvalue weighted by Crippen LogP contribution is 2.42. The minimum absolute atomic E-state index is 1.25. The van der Waals surface area contributed by atoms with E-state index in [9.17, 15) is 0 Å². The van der Waals surface area contributed by atoms with Crippen LogP contribution in [0.15, 0.2) is 85.1 Å². The lowest BCUT2D eigenvalue weighted by Gasteiger charge is -2.15. The quantitative estimate of drug-likeness (QED) is 0.155. The molecule has 0 unspecified atom stereocenters. The van der Waals surface area contributed by atoms with Crippen LogP contribution < -0.4 is 4.57 Å². The SMILES string of the molecule is Cc1cc2c3ccccc3n3c4cc(-c5ccccc5)cc5cc[n+](C)c(c(c1C)c23)c54. The third kappa shape index (κ3) is 2.12. The molecule has 0 N–H and O–H groups in total. The van der Waals surface area contributed by atoms with Crippen LogP contribution in [-0.2, 0) is 7.05 Å². The van der Waals surface area contributed by atoms with E-state index in [1.54, 1.807) is 0 Å². The van der Waals surface area contributed by atoms with Crippen molar-refractivity contribution in [2.24, 2.45) is 7.05 Å². The Bertz CT molecular complexity index is 1840. The monoisotopic (exact) mass is 411 g/mol. The van der Waals surface area contributed by atoms with Crippen LogP contribution in [-0.4, -0.2) is 4.40 Å². The number of nitrogens with zero attached hydrogens (tertiary/aromatic N) is 2. The molecule has 32 heavy (non-hydrogen) atoms. The van der Waals surface area contributed by atoms with E-state index in [-0.39, 0.29) is 0 Å². The first kappa shape index (κ1) is 17.7. The minimum atomic E-state index is 1.25. The first-order chi connectivity index (χ1) is 15.6. The molecule has 0 amide bonds. The van der Waals surface area contributed by atoms with E-state index in [1.165, 1.54) is 71.3 Å². The van der Waals surface area contributed by atoms with Gasteiger partial charge in [-0.15, -0.1) is 0 Å². The summed E-state index contributed by atoms with van der Waals surface area (Å²) in [6, 6.07) is 28.9. The van der Waals surface area contributed by atoms with Gasteiger partial charge in [0.1, 0.15) is 7.05 Å². The minimum Gasteiger partial charge on any atom is -0.307 e. The second-order valence-electron chi connectivity index (χ2n) is 9.04. The molecule has 3 heterocycles. The molecule has 0 aliphatic rings. The maximum Gasteiger partial charge on any atom is 0.224 e. The molecule has 0 aliphatic heterocycles. The van der Waals surface area contributed by atoms with Crippen molar-refractivity contribution < 1.29 is 4.57 Å². The molecule has 2 nitrogen and oxygen atoms in total. The number of benzene rings is 4. The van der Waals surface area contributed by atoms with Crippen LogP contribution in [0, 0.1) is 13.8 Å². The highest BCUT2D eigenvalue weighted by atomic mass is 15.0. The lowest BCUT2D eigenvalue weighted by Crippen LogP contribution is -2.29. The van der Waals surface area contributed by atoms with Crippen molar-refractivity contribution >= 4 is 49.0 Å². The summed E-state index contributed by atoms with van der Waals surface area (Å²) in [6.45, 7) is 4.51. The second kappa shape index (κ2) is 6.08. The smallest absolute Gasteiger partial charge is 0.224 e. The molecule has 0 bridgehead atoms. The Kier molecular flexibility index (Phi) is 3.37. The average molecular weight is 412 g/mol. The number of pyridine rings is 2. The first-order valence-electron chi connectivity index (χ1n) is 11.2. The van der Waals surface area contributed by atoms with E-state index >= 15 is 0 Å². The summed E-state index contributed by atoms with van der Waals surface area (Å²) < 4.78 is 4.81. The van der Waals surface area contributed by atoms with Gasteiger partial charge in [-0.25, -0.2) is 4.57 Å². The predicted molar refractivity (Wildman–Crippen MR) is 135 cm³/mol. The van der Waals surface area contributed by atoms with Crippen molar-refractivity contribution in [3.8, 4) is 11.1 Å². The fourth-order valence-electron chi connectivity index (χ4n) is 5.65. The average Bonchev–Trinajstić information content (AvgIpc) is 3.15. The van der Waals surface area contributed by atoms with Crippen LogP contribution in [0.1, 0.15) is 11.1 Å². The van der Waals surface area contributed by atoms with Crippen molar-refractivity contribution in [3.05, 3.63) is 96.2 Å². The van der Waals surface area contributed by atoms with Crippen molar-refractivity contribution in [1.29, 1.82) is 0 Å². The van der Waals surface area contributed by atoms with Gasteiger partial charge in [-0.3, -0.25) is 0 Å². The van der Waals surface area contributed by atoms with E-state index in [1.807, 2.05) is 0 Å². The third-order valence-electron chi connectivity index (χ3n) is 7.28. The number of fused-ring (bicyclic) bond motifs is 5. The molecule has 0 saturated heterocycles. The molecule has 0 spiro atoms. The van der Waals surface area contributed by atoms with Crippen LogP contribution in [0.3, 0.4) is 0 Å². The van der Waals surface area contributed by atoms with Gasteiger partial charge < -0.3 is 4.40 Å². The zero-order valence-electron chi connectivity index (χ0n) is 18.5. The normalized spacial score (nSPS) is 12.2. The number of aromatic nitrogens is 2. The van der Waals surface area contributed by atoms with Crippen LogP contribution in [0.5, 0.6) is 0 Å². The van der Waals surface area contributed by atoms with Gasteiger partial charge in [0, 0.05) is 16.8 Å². The Morgan fingerprint density at radius 1 is 0.688 bits per heavy atom. The first-order valence-corrected chi connectivity index (χ1v) is 11.2. The Hall–Kier alpha value is -3.91. The van der Waals surface area contributed by atoms with E-state index in [4.69, 9.17) is 0 Å². The Balaban J connectivity index is 1.87. The van der Waals surface area contributed by atoms with Crippen LogP contribution in [0.4, 0.5) is 0 Å². The van der Waals surface area contributed by atoms with Gasteiger partial charge in [0.25, 0.3) is 0 Å². The van der Waals surface area contributed by atoms with Crippen molar-refractivity contribution in [2.45, 2.75) is 13.8 Å². The largest absolute Gasteiger partial charge is 0.307 e.